The highest BCUT2D eigenvalue weighted by molar-refractivity contribution is 5.27. The van der Waals surface area contributed by atoms with Crippen molar-refractivity contribution in [2.24, 2.45) is 11.8 Å². The SMILES string of the molecule is Cc1cccc([C@@H]2C(CO)CN(C)C[C@H]2C)c1. The lowest BCUT2D eigenvalue weighted by atomic mass is 9.74. The van der Waals surface area contributed by atoms with Crippen LogP contribution in [0.25, 0.3) is 0 Å². The van der Waals surface area contributed by atoms with Gasteiger partial charge in [-0.3, -0.25) is 0 Å². The molecule has 0 spiro atoms. The molecule has 1 aromatic carbocycles. The second-order valence-electron chi connectivity index (χ2n) is 5.58. The Balaban J connectivity index is 2.28. The van der Waals surface area contributed by atoms with Crippen LogP contribution >= 0.6 is 0 Å². The Bertz CT molecular complexity index is 377. The van der Waals surface area contributed by atoms with E-state index in [2.05, 4.69) is 50.1 Å². The molecule has 0 saturated carbocycles. The summed E-state index contributed by atoms with van der Waals surface area (Å²) in [5.74, 6) is 1.47. The molecule has 0 aromatic heterocycles. The van der Waals surface area contributed by atoms with E-state index in [0.717, 1.165) is 13.1 Å². The predicted octanol–water partition coefficient (Wildman–Crippen LogP) is 2.27. The number of benzene rings is 1. The van der Waals surface area contributed by atoms with Crippen LogP contribution in [-0.4, -0.2) is 36.8 Å². The summed E-state index contributed by atoms with van der Waals surface area (Å²) in [5, 5.41) is 9.60. The Labute approximate surface area is 104 Å². The molecular weight excluding hydrogens is 210 g/mol. The van der Waals surface area contributed by atoms with Crippen molar-refractivity contribution in [3.05, 3.63) is 35.4 Å². The number of likely N-dealkylation sites (tertiary alicyclic amines) is 1. The molecule has 0 radical (unpaired) electrons. The zero-order chi connectivity index (χ0) is 12.4. The van der Waals surface area contributed by atoms with E-state index in [1.807, 2.05) is 0 Å². The fourth-order valence-electron chi connectivity index (χ4n) is 3.31. The summed E-state index contributed by atoms with van der Waals surface area (Å²) >= 11 is 0. The zero-order valence-corrected chi connectivity index (χ0v) is 11.1. The van der Waals surface area contributed by atoms with Crippen molar-refractivity contribution in [2.75, 3.05) is 26.7 Å². The molecule has 1 aromatic rings. The average Bonchev–Trinajstić information content (AvgIpc) is 2.27. The van der Waals surface area contributed by atoms with Crippen LogP contribution in [0.3, 0.4) is 0 Å². The van der Waals surface area contributed by atoms with Crippen molar-refractivity contribution in [2.45, 2.75) is 19.8 Å². The first-order chi connectivity index (χ1) is 8.11. The number of nitrogens with zero attached hydrogens (tertiary/aromatic N) is 1. The zero-order valence-electron chi connectivity index (χ0n) is 11.1. The highest BCUT2D eigenvalue weighted by atomic mass is 16.3. The minimum absolute atomic E-state index is 0.285. The summed E-state index contributed by atoms with van der Waals surface area (Å²) in [4.78, 5) is 2.33. The number of aryl methyl sites for hydroxylation is 1. The van der Waals surface area contributed by atoms with Crippen molar-refractivity contribution < 1.29 is 5.11 Å². The fourth-order valence-corrected chi connectivity index (χ4v) is 3.31. The van der Waals surface area contributed by atoms with Gasteiger partial charge in [0, 0.05) is 25.6 Å². The lowest BCUT2D eigenvalue weighted by molar-refractivity contribution is 0.0843. The molecule has 0 amide bonds. The van der Waals surface area contributed by atoms with Gasteiger partial charge in [0.25, 0.3) is 0 Å². The van der Waals surface area contributed by atoms with Gasteiger partial charge >= 0.3 is 0 Å². The van der Waals surface area contributed by atoms with Crippen LogP contribution in [0.4, 0.5) is 0 Å². The van der Waals surface area contributed by atoms with Crippen molar-refractivity contribution >= 4 is 0 Å². The smallest absolute Gasteiger partial charge is 0.0477 e. The normalized spacial score (nSPS) is 30.5. The van der Waals surface area contributed by atoms with Gasteiger partial charge in [0.2, 0.25) is 0 Å². The molecule has 0 aliphatic carbocycles. The largest absolute Gasteiger partial charge is 0.396 e. The van der Waals surface area contributed by atoms with E-state index in [9.17, 15) is 5.11 Å². The second-order valence-corrected chi connectivity index (χ2v) is 5.58. The lowest BCUT2D eigenvalue weighted by Crippen LogP contribution is -2.43. The van der Waals surface area contributed by atoms with E-state index in [0.29, 0.717) is 17.8 Å². The first-order valence-electron chi connectivity index (χ1n) is 6.47. The summed E-state index contributed by atoms with van der Waals surface area (Å²) in [6, 6.07) is 8.75. The van der Waals surface area contributed by atoms with Crippen LogP contribution in [0.5, 0.6) is 0 Å². The number of aliphatic hydroxyl groups is 1. The van der Waals surface area contributed by atoms with E-state index < -0.39 is 0 Å². The van der Waals surface area contributed by atoms with E-state index in [1.165, 1.54) is 11.1 Å². The van der Waals surface area contributed by atoms with Crippen molar-refractivity contribution in [1.29, 1.82) is 0 Å². The number of piperidine rings is 1. The summed E-state index contributed by atoms with van der Waals surface area (Å²) in [5.41, 5.74) is 2.70. The Morgan fingerprint density at radius 2 is 2.12 bits per heavy atom. The molecule has 17 heavy (non-hydrogen) atoms. The van der Waals surface area contributed by atoms with E-state index in [-0.39, 0.29) is 6.61 Å². The van der Waals surface area contributed by atoms with E-state index >= 15 is 0 Å². The minimum atomic E-state index is 0.285. The Hall–Kier alpha value is -0.860. The van der Waals surface area contributed by atoms with Gasteiger partial charge in [-0.05, 0) is 31.4 Å². The molecule has 2 nitrogen and oxygen atoms in total. The summed E-state index contributed by atoms with van der Waals surface area (Å²) in [6.45, 7) is 6.84. The molecule has 1 unspecified atom stereocenters. The maximum Gasteiger partial charge on any atom is 0.0477 e. The Morgan fingerprint density at radius 3 is 2.76 bits per heavy atom. The number of hydrogen-bond donors (Lipinski definition) is 1. The third kappa shape index (κ3) is 2.70. The van der Waals surface area contributed by atoms with Gasteiger partial charge in [-0.25, -0.2) is 0 Å². The van der Waals surface area contributed by atoms with Gasteiger partial charge in [-0.2, -0.15) is 0 Å². The van der Waals surface area contributed by atoms with Gasteiger partial charge in [0.05, 0.1) is 0 Å². The van der Waals surface area contributed by atoms with Gasteiger partial charge in [-0.1, -0.05) is 36.8 Å². The molecule has 1 aliphatic rings. The standard InChI is InChI=1S/C15H23NO/c1-11-5-4-6-13(7-11)15-12(2)8-16(3)9-14(15)10-17/h4-7,12,14-15,17H,8-10H2,1-3H3/t12-,14?,15-/m1/s1. The summed E-state index contributed by atoms with van der Waals surface area (Å²) in [6.07, 6.45) is 0. The maximum absolute atomic E-state index is 9.60. The van der Waals surface area contributed by atoms with Crippen molar-refractivity contribution in [3.8, 4) is 0 Å². The van der Waals surface area contributed by atoms with Gasteiger partial charge in [-0.15, -0.1) is 0 Å². The molecule has 0 bridgehead atoms. The molecule has 1 N–H and O–H groups in total. The molecule has 3 atom stereocenters. The minimum Gasteiger partial charge on any atom is -0.396 e. The van der Waals surface area contributed by atoms with Crippen LogP contribution in [-0.2, 0) is 0 Å². The Morgan fingerprint density at radius 1 is 1.35 bits per heavy atom. The maximum atomic E-state index is 9.60. The van der Waals surface area contributed by atoms with Crippen molar-refractivity contribution in [3.63, 3.8) is 0 Å². The van der Waals surface area contributed by atoms with Gasteiger partial charge in [0.1, 0.15) is 0 Å². The predicted molar refractivity (Wildman–Crippen MR) is 71.2 cm³/mol. The van der Waals surface area contributed by atoms with Crippen molar-refractivity contribution in [1.82, 2.24) is 4.90 Å². The van der Waals surface area contributed by atoms with Gasteiger partial charge < -0.3 is 10.0 Å². The summed E-state index contributed by atoms with van der Waals surface area (Å²) < 4.78 is 0. The molecule has 1 fully saturated rings. The molecule has 2 heteroatoms. The highest BCUT2D eigenvalue weighted by Gasteiger charge is 2.33. The van der Waals surface area contributed by atoms with E-state index in [4.69, 9.17) is 0 Å². The lowest BCUT2D eigenvalue weighted by Gasteiger charge is -2.41. The monoisotopic (exact) mass is 233 g/mol. The third-order valence-corrected chi connectivity index (χ3v) is 3.93. The molecule has 1 saturated heterocycles. The van der Waals surface area contributed by atoms with Crippen LogP contribution in [0, 0.1) is 18.8 Å². The van der Waals surface area contributed by atoms with Crippen LogP contribution in [0.1, 0.15) is 24.0 Å². The molecule has 94 valence electrons. The Kier molecular flexibility index (Phi) is 3.85. The molecule has 1 heterocycles. The van der Waals surface area contributed by atoms with E-state index in [1.54, 1.807) is 0 Å². The van der Waals surface area contributed by atoms with Crippen LogP contribution < -0.4 is 0 Å². The first-order valence-corrected chi connectivity index (χ1v) is 6.47. The van der Waals surface area contributed by atoms with Crippen LogP contribution in [0.2, 0.25) is 0 Å². The number of rotatable bonds is 2. The first kappa shape index (κ1) is 12.6. The number of hydrogen-bond acceptors (Lipinski definition) is 2. The fraction of sp³-hybridized carbons (Fsp3) is 0.600. The van der Waals surface area contributed by atoms with Crippen LogP contribution in [0.15, 0.2) is 24.3 Å². The molecule has 1 aliphatic heterocycles. The summed E-state index contributed by atoms with van der Waals surface area (Å²) in [7, 11) is 2.14. The third-order valence-electron chi connectivity index (χ3n) is 3.93. The average molecular weight is 233 g/mol. The molecular formula is C15H23NO. The second kappa shape index (κ2) is 5.19. The number of aliphatic hydroxyl groups excluding tert-OH is 1. The van der Waals surface area contributed by atoms with Gasteiger partial charge in [0.15, 0.2) is 0 Å². The molecule has 2 rings (SSSR count). The quantitative estimate of drug-likeness (QED) is 0.847. The topological polar surface area (TPSA) is 23.5 Å². The highest BCUT2D eigenvalue weighted by Crippen LogP contribution is 2.36.